The summed E-state index contributed by atoms with van der Waals surface area (Å²) in [5, 5.41) is -2.85. The van der Waals surface area contributed by atoms with Crippen molar-refractivity contribution in [2.75, 3.05) is 5.32 Å². The van der Waals surface area contributed by atoms with E-state index in [4.69, 9.17) is 4.55 Å². The van der Waals surface area contributed by atoms with Crippen LogP contribution in [0.2, 0.25) is 0 Å². The number of nitrogens with one attached hydrogen (secondary N) is 1. The Morgan fingerprint density at radius 3 is 1.83 bits per heavy atom. The van der Waals surface area contributed by atoms with Gasteiger partial charge in [-0.2, -0.15) is 30.4 Å². The minimum Gasteiger partial charge on any atom is -0.444 e. The number of ether oxygens (including phenoxy) is 1. The number of alkyl halides is 5. The van der Waals surface area contributed by atoms with Crippen LogP contribution in [0, 0.1) is 0 Å². The highest BCUT2D eigenvalue weighted by molar-refractivity contribution is 7.86. The minimum absolute atomic E-state index is 0.146. The third kappa shape index (κ3) is 3.77. The molecule has 1 heterocycles. The van der Waals surface area contributed by atoms with Crippen molar-refractivity contribution in [3.63, 3.8) is 0 Å². The van der Waals surface area contributed by atoms with E-state index in [2.05, 4.69) is 10.1 Å². The second-order valence-corrected chi connectivity index (χ2v) is 7.62. The van der Waals surface area contributed by atoms with Gasteiger partial charge in [0.15, 0.2) is 0 Å². The fraction of sp³-hybridized carbons (Fsp3) is 0.235. The third-order valence-electron chi connectivity index (χ3n) is 4.23. The molecule has 0 aliphatic carbocycles. The topological polar surface area (TPSA) is 92.7 Å². The molecule has 2 aromatic carbocycles. The fourth-order valence-corrected chi connectivity index (χ4v) is 3.39. The molecule has 156 valence electrons. The normalized spacial score (nSPS) is 15.7. The first-order chi connectivity index (χ1) is 13.3. The molecule has 0 amide bonds. The second kappa shape index (κ2) is 6.95. The molecule has 0 radical (unpaired) electrons. The highest BCUT2D eigenvalue weighted by atomic mass is 32.2. The van der Waals surface area contributed by atoms with E-state index in [9.17, 15) is 35.2 Å². The number of rotatable bonds is 4. The van der Waals surface area contributed by atoms with Crippen LogP contribution in [0.1, 0.15) is 17.0 Å². The lowest BCUT2D eigenvalue weighted by Crippen LogP contribution is -2.52. The quantitative estimate of drug-likeness (QED) is 0.429. The monoisotopic (exact) mass is 437 g/mol. The molecule has 0 saturated carbocycles. The van der Waals surface area contributed by atoms with E-state index in [1.165, 1.54) is 36.4 Å². The lowest BCUT2D eigenvalue weighted by molar-refractivity contribution is -0.259. The molecular formula is C17H12F5NO5S. The summed E-state index contributed by atoms with van der Waals surface area (Å²) in [7, 11) is -6.53. The molecule has 1 atom stereocenters. The van der Waals surface area contributed by atoms with Crippen molar-refractivity contribution in [1.29, 1.82) is 0 Å². The van der Waals surface area contributed by atoms with Crippen LogP contribution in [0.25, 0.3) is 0 Å². The van der Waals surface area contributed by atoms with Crippen molar-refractivity contribution < 1.29 is 44.5 Å². The first kappa shape index (κ1) is 21.0. The molecule has 12 heteroatoms. The van der Waals surface area contributed by atoms with Gasteiger partial charge in [0.05, 0.1) is 0 Å². The summed E-state index contributed by atoms with van der Waals surface area (Å²) in [5.41, 5.74) is 0.955. The molecule has 29 heavy (non-hydrogen) atoms. The van der Waals surface area contributed by atoms with E-state index < -0.39 is 39.5 Å². The van der Waals surface area contributed by atoms with Crippen LogP contribution in [-0.4, -0.2) is 36.5 Å². The molecular weight excluding hydrogens is 425 g/mol. The Bertz CT molecular complexity index is 1010. The molecule has 0 saturated heterocycles. The van der Waals surface area contributed by atoms with Crippen LogP contribution < -0.4 is 5.32 Å². The summed E-state index contributed by atoms with van der Waals surface area (Å²) in [6, 6.07) is 11.9. The average molecular weight is 437 g/mol. The maximum absolute atomic E-state index is 13.8. The van der Waals surface area contributed by atoms with Crippen LogP contribution >= 0.6 is 0 Å². The Labute approximate surface area is 161 Å². The van der Waals surface area contributed by atoms with Gasteiger partial charge in [-0.3, -0.25) is 9.35 Å². The maximum atomic E-state index is 13.8. The van der Waals surface area contributed by atoms with Crippen molar-refractivity contribution in [1.82, 2.24) is 0 Å². The van der Waals surface area contributed by atoms with Crippen molar-refractivity contribution in [3.05, 3.63) is 59.7 Å². The van der Waals surface area contributed by atoms with Crippen molar-refractivity contribution in [2.45, 2.75) is 23.5 Å². The molecule has 1 aliphatic rings. The van der Waals surface area contributed by atoms with Crippen LogP contribution in [0.4, 0.5) is 33.3 Å². The summed E-state index contributed by atoms with van der Waals surface area (Å²) in [4.78, 5) is 12.6. The van der Waals surface area contributed by atoms with Gasteiger partial charge >= 0.3 is 27.5 Å². The number of carbonyl (C=O) groups excluding carboxylic acids is 1. The molecule has 0 aromatic heterocycles. The molecule has 0 bridgehead atoms. The number of hydrogen-bond donors (Lipinski definition) is 2. The zero-order chi connectivity index (χ0) is 21.6. The number of anilines is 2. The zero-order valence-corrected chi connectivity index (χ0v) is 15.0. The Kier molecular flexibility index (Phi) is 5.03. The van der Waals surface area contributed by atoms with Gasteiger partial charge in [0, 0.05) is 11.4 Å². The smallest absolute Gasteiger partial charge is 0.432 e. The second-order valence-electron chi connectivity index (χ2n) is 6.13. The number of carbonyl (C=O) groups is 1. The zero-order valence-electron chi connectivity index (χ0n) is 14.2. The number of fused-ring (bicyclic) bond motifs is 2. The van der Waals surface area contributed by atoms with Gasteiger partial charge < -0.3 is 10.1 Å². The van der Waals surface area contributed by atoms with E-state index in [0.717, 1.165) is 0 Å². The predicted octanol–water partition coefficient (Wildman–Crippen LogP) is 3.83. The van der Waals surface area contributed by atoms with Crippen LogP contribution in [0.5, 0.6) is 0 Å². The lowest BCUT2D eigenvalue weighted by atomic mass is 9.86. The average Bonchev–Trinajstić information content (AvgIpc) is 2.61. The molecule has 6 nitrogen and oxygen atoms in total. The Hall–Kier alpha value is -2.73. The summed E-state index contributed by atoms with van der Waals surface area (Å²) < 4.78 is 101. The van der Waals surface area contributed by atoms with Gasteiger partial charge in [-0.1, -0.05) is 36.4 Å². The maximum Gasteiger partial charge on any atom is 0.432 e. The number of halogens is 5. The van der Waals surface area contributed by atoms with Gasteiger partial charge in [-0.15, -0.1) is 0 Å². The first-order valence-electron chi connectivity index (χ1n) is 7.91. The van der Waals surface area contributed by atoms with Gasteiger partial charge in [0.25, 0.3) is 6.10 Å². The molecule has 0 spiro atoms. The van der Waals surface area contributed by atoms with Crippen molar-refractivity contribution in [2.24, 2.45) is 0 Å². The van der Waals surface area contributed by atoms with Gasteiger partial charge in [-0.25, -0.2) is 0 Å². The minimum atomic E-state index is -6.53. The van der Waals surface area contributed by atoms with E-state index in [-0.39, 0.29) is 11.1 Å². The summed E-state index contributed by atoms with van der Waals surface area (Å²) in [5.74, 6) is -3.29. The van der Waals surface area contributed by atoms with E-state index in [1.807, 2.05) is 0 Å². The first-order valence-corrected chi connectivity index (χ1v) is 9.35. The van der Waals surface area contributed by atoms with Crippen molar-refractivity contribution in [3.8, 4) is 0 Å². The predicted molar refractivity (Wildman–Crippen MR) is 90.4 cm³/mol. The Morgan fingerprint density at radius 2 is 1.41 bits per heavy atom. The van der Waals surface area contributed by atoms with Gasteiger partial charge in [-0.05, 0) is 23.3 Å². The Balaban J connectivity index is 2.06. The summed E-state index contributed by atoms with van der Waals surface area (Å²) >= 11 is 0. The number of esters is 1. The number of para-hydroxylation sites is 2. The van der Waals surface area contributed by atoms with Crippen LogP contribution in [-0.2, 0) is 19.6 Å². The fourth-order valence-electron chi connectivity index (χ4n) is 2.94. The molecule has 3 rings (SSSR count). The number of hydrogen-bond acceptors (Lipinski definition) is 5. The van der Waals surface area contributed by atoms with Crippen molar-refractivity contribution >= 4 is 27.5 Å². The highest BCUT2D eigenvalue weighted by Gasteiger charge is 2.66. The third-order valence-corrected chi connectivity index (χ3v) is 5.13. The SMILES string of the molecule is O=C(OC(C(F)(F)F)C(F)(F)S(=O)(=O)O)C1c2ccccc2Nc2ccccc21. The van der Waals surface area contributed by atoms with Crippen LogP contribution in [0.3, 0.4) is 0 Å². The molecule has 1 unspecified atom stereocenters. The van der Waals surface area contributed by atoms with Gasteiger partial charge in [0.2, 0.25) is 0 Å². The molecule has 0 fully saturated rings. The van der Waals surface area contributed by atoms with Crippen LogP contribution in [0.15, 0.2) is 48.5 Å². The molecule has 2 aromatic rings. The van der Waals surface area contributed by atoms with Gasteiger partial charge in [0.1, 0.15) is 5.92 Å². The molecule has 1 aliphatic heterocycles. The van der Waals surface area contributed by atoms with E-state index in [0.29, 0.717) is 11.4 Å². The Morgan fingerprint density at radius 1 is 0.966 bits per heavy atom. The highest BCUT2D eigenvalue weighted by Crippen LogP contribution is 2.44. The largest absolute Gasteiger partial charge is 0.444 e. The molecule has 2 N–H and O–H groups in total. The lowest BCUT2D eigenvalue weighted by Gasteiger charge is -2.31. The summed E-state index contributed by atoms with van der Waals surface area (Å²) in [6.45, 7) is 0. The van der Waals surface area contributed by atoms with E-state index >= 15 is 0 Å². The number of benzene rings is 2. The standard InChI is InChI=1S/C17H12F5NO5S/c18-16(19,20)15(17(21,22)29(25,26)27)28-14(24)13-9-5-1-3-7-11(9)23-12-8-4-2-6-10(12)13/h1-8,13,15,23H,(H,25,26,27). The van der Waals surface area contributed by atoms with E-state index in [1.54, 1.807) is 12.1 Å². The summed E-state index contributed by atoms with van der Waals surface area (Å²) in [6.07, 6.45) is -10.4.